The zero-order valence-electron chi connectivity index (χ0n) is 12.7. The smallest absolute Gasteiger partial charge is 0.328 e. The number of amides is 2. The first-order valence-corrected chi connectivity index (χ1v) is 7.30. The van der Waals surface area contributed by atoms with Gasteiger partial charge in [-0.05, 0) is 18.1 Å². The summed E-state index contributed by atoms with van der Waals surface area (Å²) in [5.41, 5.74) is 0.188. The molecular weight excluding hydrogens is 327 g/mol. The van der Waals surface area contributed by atoms with Gasteiger partial charge in [0.1, 0.15) is 12.7 Å². The van der Waals surface area contributed by atoms with E-state index in [-0.39, 0.29) is 16.5 Å². The van der Waals surface area contributed by atoms with E-state index in [0.717, 1.165) is 0 Å². The molecule has 1 rings (SSSR count). The fourth-order valence-electron chi connectivity index (χ4n) is 1.83. The molecule has 0 fully saturated rings. The first-order chi connectivity index (χ1) is 10.8. The van der Waals surface area contributed by atoms with Crippen LogP contribution in [-0.2, 0) is 9.59 Å². The fourth-order valence-corrected chi connectivity index (χ4v) is 2.05. The van der Waals surface area contributed by atoms with Crippen molar-refractivity contribution in [3.63, 3.8) is 0 Å². The number of hydrogen-bond donors (Lipinski definition) is 3. The van der Waals surface area contributed by atoms with Gasteiger partial charge < -0.3 is 15.7 Å². The third kappa shape index (κ3) is 5.21. The minimum Gasteiger partial charge on any atom is -0.480 e. The van der Waals surface area contributed by atoms with Gasteiger partial charge in [-0.15, -0.1) is 0 Å². The summed E-state index contributed by atoms with van der Waals surface area (Å²) in [6, 6.07) is 3.63. The van der Waals surface area contributed by atoms with Gasteiger partial charge in [-0.3, -0.25) is 9.59 Å². The van der Waals surface area contributed by atoms with Gasteiger partial charge >= 0.3 is 5.97 Å². The van der Waals surface area contributed by atoms with Crippen LogP contribution in [0.2, 0.25) is 5.02 Å². The van der Waals surface area contributed by atoms with Gasteiger partial charge in [0.05, 0.1) is 10.6 Å². The summed E-state index contributed by atoms with van der Waals surface area (Å²) >= 11 is 5.92. The second-order valence-electron chi connectivity index (χ2n) is 5.23. The Morgan fingerprint density at radius 1 is 1.22 bits per heavy atom. The number of halogens is 2. The quantitative estimate of drug-likeness (QED) is 0.700. The first kappa shape index (κ1) is 18.9. The van der Waals surface area contributed by atoms with Crippen LogP contribution in [0.4, 0.5) is 4.39 Å². The molecule has 0 spiro atoms. The maximum atomic E-state index is 12.6. The highest BCUT2D eigenvalue weighted by atomic mass is 35.5. The maximum absolute atomic E-state index is 12.6. The van der Waals surface area contributed by atoms with Crippen molar-refractivity contribution in [1.29, 1.82) is 0 Å². The molecule has 3 N–H and O–H groups in total. The van der Waals surface area contributed by atoms with Crippen LogP contribution in [0.25, 0.3) is 0 Å². The highest BCUT2D eigenvalue weighted by molar-refractivity contribution is 6.33. The molecule has 2 unspecified atom stereocenters. The molecule has 6 nitrogen and oxygen atoms in total. The maximum Gasteiger partial charge on any atom is 0.328 e. The Morgan fingerprint density at radius 3 is 2.30 bits per heavy atom. The molecule has 0 heterocycles. The lowest BCUT2D eigenvalue weighted by Gasteiger charge is -2.23. The SMILES string of the molecule is CC(C)C(NC(=O)c1ccccc1Cl)C(=O)NC(CF)C(=O)O. The molecule has 8 heteroatoms. The molecule has 23 heavy (non-hydrogen) atoms. The molecule has 2 atom stereocenters. The Bertz CT molecular complexity index is 595. The Hall–Kier alpha value is -2.15. The van der Waals surface area contributed by atoms with E-state index in [4.69, 9.17) is 16.7 Å². The average molecular weight is 345 g/mol. The standard InChI is InChI=1S/C15H18ClFN2O4/c1-8(2)12(14(21)18-11(7-17)15(22)23)19-13(20)9-5-3-4-6-10(9)16/h3-6,8,11-12H,7H2,1-2H3,(H,18,21)(H,19,20)(H,22,23). The van der Waals surface area contributed by atoms with Crippen LogP contribution in [0.5, 0.6) is 0 Å². The van der Waals surface area contributed by atoms with Crippen molar-refractivity contribution in [2.24, 2.45) is 5.92 Å². The number of benzene rings is 1. The first-order valence-electron chi connectivity index (χ1n) is 6.92. The molecule has 0 radical (unpaired) electrons. The number of rotatable bonds is 7. The summed E-state index contributed by atoms with van der Waals surface area (Å²) in [4.78, 5) is 35.1. The van der Waals surface area contributed by atoms with E-state index in [2.05, 4.69) is 10.6 Å². The van der Waals surface area contributed by atoms with E-state index in [9.17, 15) is 18.8 Å². The Labute approximate surface area is 138 Å². The van der Waals surface area contributed by atoms with Crippen LogP contribution in [0.1, 0.15) is 24.2 Å². The van der Waals surface area contributed by atoms with Gasteiger partial charge in [0.15, 0.2) is 6.04 Å². The predicted octanol–water partition coefficient (Wildman–Crippen LogP) is 1.63. The van der Waals surface area contributed by atoms with Crippen molar-refractivity contribution in [1.82, 2.24) is 10.6 Å². The van der Waals surface area contributed by atoms with E-state index >= 15 is 0 Å². The van der Waals surface area contributed by atoms with Gasteiger partial charge in [-0.25, -0.2) is 9.18 Å². The van der Waals surface area contributed by atoms with Gasteiger partial charge in [0.25, 0.3) is 5.91 Å². The van der Waals surface area contributed by atoms with E-state index in [1.165, 1.54) is 12.1 Å². The highest BCUT2D eigenvalue weighted by Gasteiger charge is 2.29. The fraction of sp³-hybridized carbons (Fsp3) is 0.400. The second-order valence-corrected chi connectivity index (χ2v) is 5.64. The van der Waals surface area contributed by atoms with Crippen molar-refractivity contribution in [2.45, 2.75) is 25.9 Å². The average Bonchev–Trinajstić information content (AvgIpc) is 2.49. The lowest BCUT2D eigenvalue weighted by molar-refractivity contribution is -0.142. The summed E-state index contributed by atoms with van der Waals surface area (Å²) < 4.78 is 12.6. The van der Waals surface area contributed by atoms with E-state index < -0.39 is 36.5 Å². The van der Waals surface area contributed by atoms with Crippen molar-refractivity contribution in [2.75, 3.05) is 6.67 Å². The number of carbonyl (C=O) groups excluding carboxylic acids is 2. The van der Waals surface area contributed by atoms with Crippen LogP contribution in [0.15, 0.2) is 24.3 Å². The lowest BCUT2D eigenvalue weighted by Crippen LogP contribution is -2.54. The minimum absolute atomic E-state index is 0.188. The molecule has 0 saturated heterocycles. The monoisotopic (exact) mass is 344 g/mol. The number of carboxylic acid groups (broad SMARTS) is 1. The van der Waals surface area contributed by atoms with Crippen molar-refractivity contribution < 1.29 is 23.9 Å². The molecule has 1 aromatic rings. The van der Waals surface area contributed by atoms with Gasteiger partial charge in [-0.1, -0.05) is 37.6 Å². The zero-order valence-corrected chi connectivity index (χ0v) is 13.4. The minimum atomic E-state index is -1.65. The highest BCUT2D eigenvalue weighted by Crippen LogP contribution is 2.15. The Balaban J connectivity index is 2.87. The number of aliphatic carboxylic acids is 1. The zero-order chi connectivity index (χ0) is 17.6. The molecule has 2 amide bonds. The molecule has 0 saturated carbocycles. The van der Waals surface area contributed by atoms with Crippen LogP contribution in [0.3, 0.4) is 0 Å². The largest absolute Gasteiger partial charge is 0.480 e. The van der Waals surface area contributed by atoms with E-state index in [1.54, 1.807) is 26.0 Å². The number of nitrogens with one attached hydrogen (secondary N) is 2. The molecule has 1 aromatic carbocycles. The van der Waals surface area contributed by atoms with E-state index in [0.29, 0.717) is 0 Å². The van der Waals surface area contributed by atoms with Gasteiger partial charge in [0, 0.05) is 0 Å². The number of carbonyl (C=O) groups is 3. The summed E-state index contributed by atoms with van der Waals surface area (Å²) in [6.45, 7) is 2.09. The Kier molecular flexibility index (Phi) is 6.96. The summed E-state index contributed by atoms with van der Waals surface area (Å²) in [5.74, 6) is -3.17. The third-order valence-electron chi connectivity index (χ3n) is 3.12. The lowest BCUT2D eigenvalue weighted by atomic mass is 10.0. The predicted molar refractivity (Wildman–Crippen MR) is 83.1 cm³/mol. The Morgan fingerprint density at radius 2 is 1.83 bits per heavy atom. The molecule has 0 aliphatic rings. The second kappa shape index (κ2) is 8.47. The normalized spacial score (nSPS) is 13.3. The van der Waals surface area contributed by atoms with Crippen LogP contribution in [0, 0.1) is 5.92 Å². The number of hydrogen-bond acceptors (Lipinski definition) is 3. The van der Waals surface area contributed by atoms with Crippen LogP contribution >= 0.6 is 11.6 Å². The van der Waals surface area contributed by atoms with Gasteiger partial charge in [0.2, 0.25) is 5.91 Å². The molecule has 126 valence electrons. The number of carboxylic acids is 1. The van der Waals surface area contributed by atoms with Crippen LogP contribution < -0.4 is 10.6 Å². The van der Waals surface area contributed by atoms with Crippen molar-refractivity contribution in [3.8, 4) is 0 Å². The summed E-state index contributed by atoms with van der Waals surface area (Å²) in [5, 5.41) is 13.6. The molecule has 0 aliphatic carbocycles. The third-order valence-corrected chi connectivity index (χ3v) is 3.45. The topological polar surface area (TPSA) is 95.5 Å². The summed E-state index contributed by atoms with van der Waals surface area (Å²) in [7, 11) is 0. The number of alkyl halides is 1. The van der Waals surface area contributed by atoms with Gasteiger partial charge in [-0.2, -0.15) is 0 Å². The van der Waals surface area contributed by atoms with Crippen LogP contribution in [-0.4, -0.2) is 41.6 Å². The summed E-state index contributed by atoms with van der Waals surface area (Å²) in [6.07, 6.45) is 0. The molecule has 0 bridgehead atoms. The van der Waals surface area contributed by atoms with Crippen molar-refractivity contribution >= 4 is 29.4 Å². The molecule has 0 aromatic heterocycles. The molecule has 0 aliphatic heterocycles. The molecular formula is C15H18ClFN2O4. The van der Waals surface area contributed by atoms with Crippen molar-refractivity contribution in [3.05, 3.63) is 34.9 Å². The van der Waals surface area contributed by atoms with E-state index in [1.807, 2.05) is 0 Å².